The zero-order chi connectivity index (χ0) is 38.5. The maximum atomic E-state index is 11.8. The molecule has 0 aliphatic carbocycles. The summed E-state index contributed by atoms with van der Waals surface area (Å²) in [6.45, 7) is 4.74. The van der Waals surface area contributed by atoms with Gasteiger partial charge in [-0.1, -0.05) is 0 Å². The molecule has 0 amide bonds. The molecule has 0 spiro atoms. The quantitative estimate of drug-likeness (QED) is 0.104. The van der Waals surface area contributed by atoms with Gasteiger partial charge < -0.3 is 109 Å². The first-order valence-electron chi connectivity index (χ1n) is 17.0. The normalized spacial score (nSPS) is 56.4. The Labute approximate surface area is 297 Å². The van der Waals surface area contributed by atoms with E-state index in [1.165, 1.54) is 27.7 Å². The molecule has 0 aromatic rings. The average Bonchev–Trinajstić information content (AvgIpc) is 3.10. The van der Waals surface area contributed by atoms with Crippen LogP contribution in [0.1, 0.15) is 27.7 Å². The van der Waals surface area contributed by atoms with Crippen molar-refractivity contribution in [1.29, 1.82) is 0 Å². The zero-order valence-corrected chi connectivity index (χ0v) is 28.6. The number of hydrogen-bond donors (Lipinski definition) is 13. The van der Waals surface area contributed by atoms with Crippen LogP contribution >= 0.6 is 0 Å². The van der Waals surface area contributed by atoms with Crippen molar-refractivity contribution in [2.45, 2.75) is 181 Å². The topological polar surface area (TPSA) is 346 Å². The highest BCUT2D eigenvalue weighted by molar-refractivity contribution is 4.98. The van der Waals surface area contributed by atoms with Gasteiger partial charge in [0.25, 0.3) is 0 Å². The minimum absolute atomic E-state index is 0.795. The smallest absolute Gasteiger partial charge is 0.187 e. The standard InChI is InChI=1S/C30H52O22/c1-6-11(32)15(36)18(39)27(44-6)51-24-17(38)13(34)8(3)46-29(24)49-22-9(4)47-30(50-23-14(35)10(5-31)48-26(43)21(23)42)25(20(22)41)52-28-19(40)16(37)12(33)7(2)45-28/h6-43H,5H2,1-4H3/t6-,7-,8-,9-,10-,11+,12-,13-,14-,15+,16+,17+,18-,19-,20+,21-,22-,23+,24-,25-,26?,27+,28+,29+,30+/m1/s1. The van der Waals surface area contributed by atoms with Crippen LogP contribution in [-0.2, 0) is 42.6 Å². The summed E-state index contributed by atoms with van der Waals surface area (Å²) in [5.74, 6) is 0. The van der Waals surface area contributed by atoms with E-state index in [1.807, 2.05) is 0 Å². The molecule has 0 aromatic carbocycles. The molecule has 5 saturated heterocycles. The highest BCUT2D eigenvalue weighted by atomic mass is 16.8. The molecule has 0 saturated carbocycles. The second-order valence-corrected chi connectivity index (χ2v) is 13.9. The summed E-state index contributed by atoms with van der Waals surface area (Å²) in [5, 5.41) is 137. The largest absolute Gasteiger partial charge is 0.394 e. The first-order chi connectivity index (χ1) is 24.4. The molecular weight excluding hydrogens is 712 g/mol. The number of aliphatic hydroxyl groups is 13. The van der Waals surface area contributed by atoms with Crippen molar-refractivity contribution in [2.24, 2.45) is 0 Å². The van der Waals surface area contributed by atoms with Gasteiger partial charge in [0.05, 0.1) is 31.0 Å². The van der Waals surface area contributed by atoms with E-state index in [9.17, 15) is 66.4 Å². The lowest BCUT2D eigenvalue weighted by Gasteiger charge is -2.50. The summed E-state index contributed by atoms with van der Waals surface area (Å²) in [6, 6.07) is 0. The monoisotopic (exact) mass is 764 g/mol. The fraction of sp³-hybridized carbons (Fsp3) is 1.00. The third-order valence-electron chi connectivity index (χ3n) is 10.2. The van der Waals surface area contributed by atoms with Crippen LogP contribution in [0.3, 0.4) is 0 Å². The summed E-state index contributed by atoms with van der Waals surface area (Å²) in [6.07, 6.45) is -40.6. The lowest BCUT2D eigenvalue weighted by molar-refractivity contribution is -0.404. The summed E-state index contributed by atoms with van der Waals surface area (Å²) < 4.78 is 51.3. The Hall–Kier alpha value is -0.880. The Morgan fingerprint density at radius 2 is 0.731 bits per heavy atom. The molecule has 22 heteroatoms. The van der Waals surface area contributed by atoms with Crippen molar-refractivity contribution in [3.05, 3.63) is 0 Å². The maximum absolute atomic E-state index is 11.8. The maximum Gasteiger partial charge on any atom is 0.187 e. The molecule has 52 heavy (non-hydrogen) atoms. The van der Waals surface area contributed by atoms with Gasteiger partial charge in [-0.15, -0.1) is 0 Å². The molecule has 1 unspecified atom stereocenters. The van der Waals surface area contributed by atoms with Crippen LogP contribution in [0.2, 0.25) is 0 Å². The minimum atomic E-state index is -1.93. The average molecular weight is 765 g/mol. The van der Waals surface area contributed by atoms with E-state index >= 15 is 0 Å². The van der Waals surface area contributed by atoms with Crippen LogP contribution in [0.4, 0.5) is 0 Å². The van der Waals surface area contributed by atoms with Gasteiger partial charge in [0.15, 0.2) is 31.5 Å². The molecule has 22 nitrogen and oxygen atoms in total. The van der Waals surface area contributed by atoms with Gasteiger partial charge in [-0.25, -0.2) is 0 Å². The van der Waals surface area contributed by atoms with Gasteiger partial charge in [0, 0.05) is 0 Å². The summed E-state index contributed by atoms with van der Waals surface area (Å²) in [4.78, 5) is 0. The van der Waals surface area contributed by atoms with Gasteiger partial charge in [0.2, 0.25) is 0 Å². The van der Waals surface area contributed by atoms with Crippen LogP contribution in [0, 0.1) is 0 Å². The van der Waals surface area contributed by atoms with Crippen LogP contribution in [0.25, 0.3) is 0 Å². The Kier molecular flexibility index (Phi) is 13.9. The number of aliphatic hydroxyl groups excluding tert-OH is 13. The van der Waals surface area contributed by atoms with Crippen LogP contribution < -0.4 is 0 Å². The molecule has 0 aromatic heterocycles. The second-order valence-electron chi connectivity index (χ2n) is 13.9. The molecule has 304 valence electrons. The van der Waals surface area contributed by atoms with Crippen LogP contribution in [0.5, 0.6) is 0 Å². The Morgan fingerprint density at radius 1 is 0.346 bits per heavy atom. The number of rotatable bonds is 9. The van der Waals surface area contributed by atoms with Gasteiger partial charge >= 0.3 is 0 Å². The fourth-order valence-corrected chi connectivity index (χ4v) is 6.79. The van der Waals surface area contributed by atoms with Crippen LogP contribution in [-0.4, -0.2) is 227 Å². The highest BCUT2D eigenvalue weighted by Crippen LogP contribution is 2.36. The molecule has 0 bridgehead atoms. The molecule has 5 rings (SSSR count). The number of ether oxygens (including phenoxy) is 9. The molecule has 5 aliphatic rings. The lowest BCUT2D eigenvalue weighted by Crippen LogP contribution is -2.68. The Balaban J connectivity index is 1.42. The van der Waals surface area contributed by atoms with E-state index in [-0.39, 0.29) is 0 Å². The van der Waals surface area contributed by atoms with Crippen molar-refractivity contribution >= 4 is 0 Å². The summed E-state index contributed by atoms with van der Waals surface area (Å²) in [5.41, 5.74) is 0. The third-order valence-corrected chi connectivity index (χ3v) is 10.2. The molecule has 5 fully saturated rings. The van der Waals surface area contributed by atoms with Crippen LogP contribution in [0.15, 0.2) is 0 Å². The minimum Gasteiger partial charge on any atom is -0.394 e. The van der Waals surface area contributed by atoms with E-state index in [4.69, 9.17) is 42.6 Å². The second kappa shape index (κ2) is 17.1. The SMILES string of the molecule is C[C@H]1O[C@@H](O[C@H]2[C@H](O[C@H]3[C@H](O)[C@@H](O[C@@H]4O[C@H](C)[C@@H](O)[C@H](O)[C@H]4O)[C@H](O[C@H]4[C@H](O)[C@@H](CO)OC(O)[C@@H]4O)O[C@@H]3C)O[C@H](C)[C@@H](O)[C@@H]2O)[C@H](O)[C@@H](O)[C@H]1O. The first-order valence-corrected chi connectivity index (χ1v) is 17.0. The molecule has 5 aliphatic heterocycles. The molecule has 25 atom stereocenters. The van der Waals surface area contributed by atoms with Gasteiger partial charge in [-0.2, -0.15) is 0 Å². The van der Waals surface area contributed by atoms with Gasteiger partial charge in [-0.05, 0) is 27.7 Å². The first kappa shape index (κ1) is 42.3. The Morgan fingerprint density at radius 3 is 1.21 bits per heavy atom. The van der Waals surface area contributed by atoms with E-state index in [0.29, 0.717) is 0 Å². The van der Waals surface area contributed by atoms with Crippen molar-refractivity contribution in [1.82, 2.24) is 0 Å². The number of hydrogen-bond acceptors (Lipinski definition) is 22. The zero-order valence-electron chi connectivity index (χ0n) is 28.6. The molecule has 0 radical (unpaired) electrons. The predicted molar refractivity (Wildman–Crippen MR) is 161 cm³/mol. The van der Waals surface area contributed by atoms with Crippen molar-refractivity contribution in [2.75, 3.05) is 6.61 Å². The van der Waals surface area contributed by atoms with E-state index in [0.717, 1.165) is 0 Å². The van der Waals surface area contributed by atoms with Crippen molar-refractivity contribution < 1.29 is 109 Å². The Bertz CT molecular complexity index is 1140. The van der Waals surface area contributed by atoms with Gasteiger partial charge in [0.1, 0.15) is 97.7 Å². The van der Waals surface area contributed by atoms with Crippen molar-refractivity contribution in [3.63, 3.8) is 0 Å². The molecule has 13 N–H and O–H groups in total. The van der Waals surface area contributed by atoms with E-state index in [2.05, 4.69) is 0 Å². The third kappa shape index (κ3) is 8.29. The molecule has 5 heterocycles. The summed E-state index contributed by atoms with van der Waals surface area (Å²) >= 11 is 0. The fourth-order valence-electron chi connectivity index (χ4n) is 6.79. The highest BCUT2D eigenvalue weighted by Gasteiger charge is 2.56. The lowest BCUT2D eigenvalue weighted by atomic mass is 9.95. The summed E-state index contributed by atoms with van der Waals surface area (Å²) in [7, 11) is 0. The predicted octanol–water partition coefficient (Wildman–Crippen LogP) is -7.81. The molecular formula is C30H52O22. The van der Waals surface area contributed by atoms with Gasteiger partial charge in [-0.3, -0.25) is 0 Å². The van der Waals surface area contributed by atoms with E-state index < -0.39 is 160 Å². The van der Waals surface area contributed by atoms with Crippen molar-refractivity contribution in [3.8, 4) is 0 Å². The van der Waals surface area contributed by atoms with E-state index in [1.54, 1.807) is 0 Å².